The Morgan fingerprint density at radius 3 is 2.23 bits per heavy atom. The number of nitrogens with one attached hydrogen (secondary N) is 5. The number of imide groups is 1. The summed E-state index contributed by atoms with van der Waals surface area (Å²) in [5.41, 5.74) is 6.47. The number of ketones is 1. The van der Waals surface area contributed by atoms with Gasteiger partial charge in [0.25, 0.3) is 11.8 Å². The van der Waals surface area contributed by atoms with Gasteiger partial charge in [-0.1, -0.05) is 82.8 Å². The first-order valence-corrected chi connectivity index (χ1v) is 28.4. The van der Waals surface area contributed by atoms with Gasteiger partial charge < -0.3 is 41.2 Å². The summed E-state index contributed by atoms with van der Waals surface area (Å²) in [6.07, 6.45) is 6.66. The zero-order valence-electron chi connectivity index (χ0n) is 49.3. The second kappa shape index (κ2) is 29.9. The molecule has 6 rings (SSSR count). The molecule has 0 radical (unpaired) electrons. The maximum atomic E-state index is 15.4. The largest absolute Gasteiger partial charge is 0.458 e. The molecule has 20 heteroatoms. The van der Waals surface area contributed by atoms with E-state index in [1.54, 1.807) is 87.5 Å². The molecule has 0 bridgehead atoms. The van der Waals surface area contributed by atoms with E-state index < -0.39 is 78.6 Å². The Hall–Kier alpha value is -8.20. The van der Waals surface area contributed by atoms with E-state index in [9.17, 15) is 48.3 Å². The number of halogens is 1. The molecule has 2 heterocycles. The molecule has 84 heavy (non-hydrogen) atoms. The first-order valence-electron chi connectivity index (χ1n) is 28.4. The normalized spacial score (nSPS) is 18.2. The first kappa shape index (κ1) is 65.0. The Bertz CT molecular complexity index is 3170. The van der Waals surface area contributed by atoms with Crippen molar-refractivity contribution in [3.05, 3.63) is 153 Å². The Kier molecular flexibility index (Phi) is 23.1. The molecule has 2 aliphatic heterocycles. The van der Waals surface area contributed by atoms with Crippen LogP contribution in [0.1, 0.15) is 100 Å². The lowest BCUT2D eigenvalue weighted by Gasteiger charge is -2.38. The molecule has 0 aromatic heterocycles. The number of nitrogens with zero attached hydrogens (tertiary/aromatic N) is 2. The number of aliphatic hydroxyl groups is 1. The summed E-state index contributed by atoms with van der Waals surface area (Å²) in [6, 6.07) is 15.8. The number of anilines is 1. The highest BCUT2D eigenvalue weighted by molar-refractivity contribution is 6.28. The van der Waals surface area contributed by atoms with Crippen LogP contribution in [0.3, 0.4) is 0 Å². The molecule has 3 aromatic rings. The van der Waals surface area contributed by atoms with E-state index in [0.717, 1.165) is 32.7 Å². The number of ether oxygens (including phenoxy) is 2. The van der Waals surface area contributed by atoms with E-state index in [-0.39, 0.29) is 80.3 Å². The van der Waals surface area contributed by atoms with E-state index in [0.29, 0.717) is 65.8 Å². The second-order valence-electron chi connectivity index (χ2n) is 21.3. The molecule has 1 aliphatic carbocycles. The topological polar surface area (TPSA) is 259 Å². The number of hydrogen-bond donors (Lipinski definition) is 6. The van der Waals surface area contributed by atoms with Gasteiger partial charge in [-0.3, -0.25) is 43.3 Å². The Balaban J connectivity index is 1.02. The number of likely N-dealkylation sites (N-methyl/N-ethyl adjacent to an activating group) is 1. The monoisotopic (exact) mass is 1160 g/mol. The lowest BCUT2D eigenvalue weighted by Crippen LogP contribution is -2.52. The molecular weight excluding hydrogens is 1080 g/mol. The summed E-state index contributed by atoms with van der Waals surface area (Å²) in [5, 5.41) is 24.5. The SMILES string of the molecule is C=C(/C(C)=C/C1=C(C(=O)C(C)CC)COC(=O)C1(O)CC)/C(CC)=C1\c2c(C)cc(F)c(C)c2CCC1N(C)CCOCNC(=O)CNC(=O)C(Cc1ccccc1)NC(=O)CNC(=O)CNC(=O)CCc1cccc(N2C(=O)C=CC2=O)c1. The zero-order chi connectivity index (χ0) is 61.4. The number of hydrogen-bond acceptors (Lipinski definition) is 13. The maximum absolute atomic E-state index is 15.4. The molecule has 0 fully saturated rings. The lowest BCUT2D eigenvalue weighted by atomic mass is 9.74. The van der Waals surface area contributed by atoms with E-state index in [1.165, 1.54) is 12.2 Å². The third-order valence-corrected chi connectivity index (χ3v) is 15.7. The minimum atomic E-state index is -2.04. The highest BCUT2D eigenvalue weighted by atomic mass is 19.1. The number of carbonyl (C=O) groups is 9. The van der Waals surface area contributed by atoms with Crippen LogP contribution < -0.4 is 31.5 Å². The summed E-state index contributed by atoms with van der Waals surface area (Å²) in [5.74, 6) is -5.63. The molecule has 448 valence electrons. The standard InChI is InChI=1S/C64H78FN7O12/c1-10-38(4)61(79)48-36-84-63(81)64(82,12-3)49(48)29-39(5)41(7)46(11-2)60-52(23-22-47-42(8)50(65)30-40(6)59(47)60)71(9)27-28-83-37-69-55(75)34-68-62(80)51(32-43-17-14-13-15-18-43)70-56(76)35-67-54(74)33-66-53(73)24-21-44-19-16-20-45(31-44)72-57(77)25-26-58(72)78/h13-20,25-26,29-31,38,51-52,82H,7,10-12,21-24,27-28,32-37H2,1-6,8-9H3,(H,66,73)(H,67,74)(H,68,80)(H,69,75)(H,70,76)/b39-29+,60-46-. The van der Waals surface area contributed by atoms with Crippen molar-refractivity contribution in [2.24, 2.45) is 5.92 Å². The third-order valence-electron chi connectivity index (χ3n) is 15.7. The van der Waals surface area contributed by atoms with Gasteiger partial charge in [0.2, 0.25) is 29.5 Å². The third kappa shape index (κ3) is 16.1. The molecule has 6 N–H and O–H groups in total. The van der Waals surface area contributed by atoms with Crippen LogP contribution in [-0.4, -0.2) is 134 Å². The Labute approximate surface area is 490 Å². The first-order chi connectivity index (χ1) is 40.0. The number of Topliss-reactive ketones (excluding diaryl/α,β-unsaturated/α-hetero) is 1. The molecule has 7 amide bonds. The predicted octanol–water partition coefficient (Wildman–Crippen LogP) is 5.19. The van der Waals surface area contributed by atoms with Gasteiger partial charge in [0.1, 0.15) is 25.2 Å². The van der Waals surface area contributed by atoms with Crippen LogP contribution in [0.25, 0.3) is 5.57 Å². The van der Waals surface area contributed by atoms with E-state index in [4.69, 9.17) is 9.47 Å². The van der Waals surface area contributed by atoms with Gasteiger partial charge in [-0.2, -0.15) is 0 Å². The number of allylic oxidation sites excluding steroid dienone is 3. The second-order valence-corrected chi connectivity index (χ2v) is 21.3. The van der Waals surface area contributed by atoms with Crippen LogP contribution in [0.5, 0.6) is 0 Å². The smallest absolute Gasteiger partial charge is 0.343 e. The van der Waals surface area contributed by atoms with Gasteiger partial charge >= 0.3 is 5.97 Å². The van der Waals surface area contributed by atoms with E-state index in [1.807, 2.05) is 34.7 Å². The predicted molar refractivity (Wildman–Crippen MR) is 315 cm³/mol. The van der Waals surface area contributed by atoms with Gasteiger partial charge in [-0.15, -0.1) is 0 Å². The minimum absolute atomic E-state index is 0.00189. The van der Waals surface area contributed by atoms with Gasteiger partial charge in [-0.25, -0.2) is 14.1 Å². The molecule has 3 aromatic carbocycles. The van der Waals surface area contributed by atoms with Gasteiger partial charge in [0, 0.05) is 54.6 Å². The van der Waals surface area contributed by atoms with Crippen LogP contribution >= 0.6 is 0 Å². The van der Waals surface area contributed by atoms with Crippen molar-refractivity contribution in [3.8, 4) is 0 Å². The molecule has 4 atom stereocenters. The summed E-state index contributed by atoms with van der Waals surface area (Å²) in [7, 11) is 1.96. The fourth-order valence-corrected chi connectivity index (χ4v) is 10.5. The van der Waals surface area contributed by atoms with E-state index >= 15 is 4.39 Å². The van der Waals surface area contributed by atoms with Crippen LogP contribution in [0, 0.1) is 25.6 Å². The van der Waals surface area contributed by atoms with Crippen molar-refractivity contribution in [3.63, 3.8) is 0 Å². The molecular formula is C64H78FN7O12. The summed E-state index contributed by atoms with van der Waals surface area (Å²) in [6.45, 7) is 16.2. The highest BCUT2D eigenvalue weighted by Crippen LogP contribution is 2.44. The van der Waals surface area contributed by atoms with Gasteiger partial charge in [-0.05, 0) is 140 Å². The summed E-state index contributed by atoms with van der Waals surface area (Å²) in [4.78, 5) is 119. The Morgan fingerprint density at radius 2 is 1.55 bits per heavy atom. The quantitative estimate of drug-likeness (QED) is 0.0180. The van der Waals surface area contributed by atoms with Crippen molar-refractivity contribution in [2.75, 3.05) is 58.1 Å². The highest BCUT2D eigenvalue weighted by Gasteiger charge is 2.46. The fourth-order valence-electron chi connectivity index (χ4n) is 10.5. The molecule has 19 nitrogen and oxygen atoms in total. The van der Waals surface area contributed by atoms with Crippen molar-refractivity contribution >= 4 is 64.4 Å². The van der Waals surface area contributed by atoms with Crippen molar-refractivity contribution in [1.29, 1.82) is 0 Å². The molecule has 3 aliphatic rings. The number of cyclic esters (lactones) is 1. The van der Waals surface area contributed by atoms with Crippen molar-refractivity contribution in [1.82, 2.24) is 31.5 Å². The van der Waals surface area contributed by atoms with Crippen LogP contribution in [0.4, 0.5) is 10.1 Å². The number of aryl methyl sites for hydroxylation is 2. The van der Waals surface area contributed by atoms with Gasteiger partial charge in [0.15, 0.2) is 11.4 Å². The fraction of sp³-hybridized carbons (Fsp3) is 0.422. The van der Waals surface area contributed by atoms with E-state index in [2.05, 4.69) is 38.1 Å². The van der Waals surface area contributed by atoms with Crippen LogP contribution in [0.2, 0.25) is 0 Å². The lowest BCUT2D eigenvalue weighted by molar-refractivity contribution is -0.163. The number of fused-ring (bicyclic) bond motifs is 1. The number of rotatable bonds is 28. The van der Waals surface area contributed by atoms with Crippen molar-refractivity contribution in [2.45, 2.75) is 118 Å². The summed E-state index contributed by atoms with van der Waals surface area (Å²) >= 11 is 0. The number of carbonyl (C=O) groups excluding carboxylic acids is 9. The molecule has 0 spiro atoms. The minimum Gasteiger partial charge on any atom is -0.458 e. The molecule has 0 saturated heterocycles. The number of esters is 1. The van der Waals surface area contributed by atoms with Crippen LogP contribution in [0.15, 0.2) is 113 Å². The molecule has 0 saturated carbocycles. The molecule has 4 unspecified atom stereocenters. The average molecular weight is 1160 g/mol. The van der Waals surface area contributed by atoms with Gasteiger partial charge in [0.05, 0.1) is 31.9 Å². The average Bonchev–Trinajstić information content (AvgIpc) is 1.61. The summed E-state index contributed by atoms with van der Waals surface area (Å²) < 4.78 is 26.6. The van der Waals surface area contributed by atoms with Crippen LogP contribution in [-0.2, 0) is 71.9 Å². The number of amides is 7. The Morgan fingerprint density at radius 1 is 0.893 bits per heavy atom. The van der Waals surface area contributed by atoms with Crippen molar-refractivity contribution < 1.29 is 62.1 Å². The number of benzene rings is 3. The zero-order valence-corrected chi connectivity index (χ0v) is 49.3. The maximum Gasteiger partial charge on any atom is 0.343 e.